The first-order valence-electron chi connectivity index (χ1n) is 11.7. The number of nitrogens with zero attached hydrogens (tertiary/aromatic N) is 2. The zero-order valence-corrected chi connectivity index (χ0v) is 21.9. The number of piperidine rings is 1. The summed E-state index contributed by atoms with van der Waals surface area (Å²) < 4.78 is 29.7. The van der Waals surface area contributed by atoms with E-state index in [1.165, 1.54) is 4.31 Å². The predicted octanol–water partition coefficient (Wildman–Crippen LogP) is 4.03. The Morgan fingerprint density at radius 3 is 2.62 bits per heavy atom. The van der Waals surface area contributed by atoms with E-state index in [0.29, 0.717) is 48.9 Å². The van der Waals surface area contributed by atoms with E-state index < -0.39 is 15.9 Å². The van der Waals surface area contributed by atoms with Gasteiger partial charge in [-0.15, -0.1) is 0 Å². The molecule has 2 heterocycles. The molecule has 2 aliphatic heterocycles. The molecule has 0 bridgehead atoms. The SMILES string of the molecule is CCC(=O)N1CCc2cc(Br)cc(S(=O)(=O)N3CCC[C@H](C(=O)N[C@H](C)c4ccccc4)C3)c21. The van der Waals surface area contributed by atoms with Crippen molar-refractivity contribution >= 4 is 43.5 Å². The number of benzene rings is 2. The molecule has 9 heteroatoms. The fourth-order valence-electron chi connectivity index (χ4n) is 4.78. The number of sulfonamides is 1. The van der Waals surface area contributed by atoms with Crippen molar-refractivity contribution in [2.75, 3.05) is 24.5 Å². The van der Waals surface area contributed by atoms with Crippen LogP contribution in [-0.2, 0) is 26.0 Å². The Hall–Kier alpha value is -2.23. The standard InChI is InChI=1S/C25H30BrN3O4S/c1-3-23(30)29-13-11-19-14-21(26)15-22(24(19)29)34(32,33)28-12-7-10-20(16-28)25(31)27-17(2)18-8-5-4-6-9-18/h4-6,8-9,14-15,17,20H,3,7,10-13,16H2,1-2H3,(H,27,31)/t17-,20+/m1/s1. The van der Waals surface area contributed by atoms with E-state index in [1.54, 1.807) is 17.9 Å². The average Bonchev–Trinajstić information content (AvgIpc) is 3.27. The van der Waals surface area contributed by atoms with Crippen LogP contribution < -0.4 is 10.2 Å². The number of carbonyl (C=O) groups is 2. The Morgan fingerprint density at radius 2 is 1.91 bits per heavy atom. The number of rotatable bonds is 6. The van der Waals surface area contributed by atoms with Crippen LogP contribution in [0.2, 0.25) is 0 Å². The highest BCUT2D eigenvalue weighted by atomic mass is 79.9. The van der Waals surface area contributed by atoms with Crippen molar-refractivity contribution in [3.05, 3.63) is 58.1 Å². The summed E-state index contributed by atoms with van der Waals surface area (Å²) in [6.45, 7) is 4.65. The van der Waals surface area contributed by atoms with E-state index >= 15 is 0 Å². The van der Waals surface area contributed by atoms with Crippen LogP contribution in [0, 0.1) is 5.92 Å². The molecule has 7 nitrogen and oxygen atoms in total. The molecule has 34 heavy (non-hydrogen) atoms. The largest absolute Gasteiger partial charge is 0.349 e. The molecular weight excluding hydrogens is 518 g/mol. The third-order valence-corrected chi connectivity index (χ3v) is 8.96. The van der Waals surface area contributed by atoms with Crippen molar-refractivity contribution in [2.24, 2.45) is 5.92 Å². The minimum atomic E-state index is -3.90. The Morgan fingerprint density at radius 1 is 1.18 bits per heavy atom. The van der Waals surface area contributed by atoms with Crippen LogP contribution in [0.1, 0.15) is 50.3 Å². The highest BCUT2D eigenvalue weighted by Crippen LogP contribution is 2.39. The molecular formula is C25H30BrN3O4S. The van der Waals surface area contributed by atoms with E-state index in [1.807, 2.05) is 43.3 Å². The maximum absolute atomic E-state index is 13.8. The van der Waals surface area contributed by atoms with E-state index in [2.05, 4.69) is 21.2 Å². The maximum atomic E-state index is 13.8. The van der Waals surface area contributed by atoms with Gasteiger partial charge in [-0.25, -0.2) is 8.42 Å². The van der Waals surface area contributed by atoms with Crippen LogP contribution in [0.5, 0.6) is 0 Å². The van der Waals surface area contributed by atoms with Crippen molar-refractivity contribution in [2.45, 2.75) is 50.5 Å². The van der Waals surface area contributed by atoms with Gasteiger partial charge in [0, 0.05) is 30.5 Å². The second-order valence-electron chi connectivity index (χ2n) is 8.90. The molecule has 2 amide bonds. The first kappa shape index (κ1) is 24.9. The van der Waals surface area contributed by atoms with Crippen LogP contribution in [0.25, 0.3) is 0 Å². The fraction of sp³-hybridized carbons (Fsp3) is 0.440. The lowest BCUT2D eigenvalue weighted by Crippen LogP contribution is -2.46. The van der Waals surface area contributed by atoms with E-state index in [9.17, 15) is 18.0 Å². The molecule has 0 aromatic heterocycles. The van der Waals surface area contributed by atoms with Gasteiger partial charge in [-0.1, -0.05) is 53.2 Å². The molecule has 0 saturated carbocycles. The summed E-state index contributed by atoms with van der Waals surface area (Å²) in [5.74, 6) is -0.662. The lowest BCUT2D eigenvalue weighted by molar-refractivity contribution is -0.126. The number of amides is 2. The minimum absolute atomic E-state index is 0.0941. The average molecular weight is 549 g/mol. The molecule has 4 rings (SSSR count). The molecule has 2 aliphatic rings. The molecule has 2 atom stereocenters. The van der Waals surface area contributed by atoms with E-state index in [4.69, 9.17) is 0 Å². The van der Waals surface area contributed by atoms with Crippen molar-refractivity contribution < 1.29 is 18.0 Å². The van der Waals surface area contributed by atoms with Gasteiger partial charge in [0.25, 0.3) is 0 Å². The zero-order chi connectivity index (χ0) is 24.5. The second kappa shape index (κ2) is 10.2. The summed E-state index contributed by atoms with van der Waals surface area (Å²) >= 11 is 3.44. The van der Waals surface area contributed by atoms with Crippen LogP contribution in [0.3, 0.4) is 0 Å². The zero-order valence-electron chi connectivity index (χ0n) is 19.5. The van der Waals surface area contributed by atoms with Crippen LogP contribution in [0.4, 0.5) is 5.69 Å². The number of nitrogens with one attached hydrogen (secondary N) is 1. The molecule has 182 valence electrons. The quantitative estimate of drug-likeness (QED) is 0.591. The van der Waals surface area contributed by atoms with Gasteiger partial charge in [0.05, 0.1) is 17.6 Å². The second-order valence-corrected chi connectivity index (χ2v) is 11.7. The number of anilines is 1. The third-order valence-electron chi connectivity index (χ3n) is 6.63. The molecule has 0 spiro atoms. The van der Waals surface area contributed by atoms with Gasteiger partial charge < -0.3 is 10.2 Å². The summed E-state index contributed by atoms with van der Waals surface area (Å²) in [6.07, 6.45) is 2.16. The molecule has 0 radical (unpaired) electrons. The predicted molar refractivity (Wildman–Crippen MR) is 135 cm³/mol. The Balaban J connectivity index is 1.57. The Bertz CT molecular complexity index is 1190. The normalized spacial score (nSPS) is 19.5. The Labute approximate surface area is 209 Å². The molecule has 1 N–H and O–H groups in total. The highest BCUT2D eigenvalue weighted by Gasteiger charge is 2.38. The minimum Gasteiger partial charge on any atom is -0.349 e. The smallest absolute Gasteiger partial charge is 0.245 e. The highest BCUT2D eigenvalue weighted by molar-refractivity contribution is 9.10. The van der Waals surface area contributed by atoms with Gasteiger partial charge in [0.1, 0.15) is 4.90 Å². The number of fused-ring (bicyclic) bond motifs is 1. The molecule has 2 aromatic rings. The molecule has 0 unspecified atom stereocenters. The topological polar surface area (TPSA) is 86.8 Å². The molecule has 1 fully saturated rings. The van der Waals surface area contributed by atoms with Crippen molar-refractivity contribution in [3.8, 4) is 0 Å². The lowest BCUT2D eigenvalue weighted by atomic mass is 9.98. The number of halogens is 1. The molecule has 1 saturated heterocycles. The van der Waals surface area contributed by atoms with Gasteiger partial charge in [0.2, 0.25) is 21.8 Å². The van der Waals surface area contributed by atoms with E-state index in [-0.39, 0.29) is 29.3 Å². The first-order chi connectivity index (χ1) is 16.2. The number of hydrogen-bond donors (Lipinski definition) is 1. The van der Waals surface area contributed by atoms with Crippen molar-refractivity contribution in [3.63, 3.8) is 0 Å². The van der Waals surface area contributed by atoms with Gasteiger partial charge in [-0.3, -0.25) is 9.59 Å². The molecule has 0 aliphatic carbocycles. The fourth-order valence-corrected chi connectivity index (χ4v) is 7.22. The summed E-state index contributed by atoms with van der Waals surface area (Å²) in [5, 5.41) is 3.04. The Kier molecular flexibility index (Phi) is 7.45. The van der Waals surface area contributed by atoms with Crippen LogP contribution in [-0.4, -0.2) is 44.2 Å². The summed E-state index contributed by atoms with van der Waals surface area (Å²) in [4.78, 5) is 27.3. The van der Waals surface area contributed by atoms with Crippen LogP contribution in [0.15, 0.2) is 51.8 Å². The van der Waals surface area contributed by atoms with Crippen molar-refractivity contribution in [1.82, 2.24) is 9.62 Å². The van der Waals surface area contributed by atoms with Gasteiger partial charge >= 0.3 is 0 Å². The molecule has 2 aromatic carbocycles. The summed E-state index contributed by atoms with van der Waals surface area (Å²) in [5.41, 5.74) is 2.33. The van der Waals surface area contributed by atoms with Gasteiger partial charge in [-0.2, -0.15) is 4.31 Å². The van der Waals surface area contributed by atoms with Gasteiger partial charge in [-0.05, 0) is 49.4 Å². The van der Waals surface area contributed by atoms with E-state index in [0.717, 1.165) is 11.1 Å². The third kappa shape index (κ3) is 4.92. The maximum Gasteiger partial charge on any atom is 0.245 e. The lowest BCUT2D eigenvalue weighted by Gasteiger charge is -2.33. The van der Waals surface area contributed by atoms with Gasteiger partial charge in [0.15, 0.2) is 0 Å². The first-order valence-corrected chi connectivity index (χ1v) is 13.9. The van der Waals surface area contributed by atoms with Crippen LogP contribution >= 0.6 is 15.9 Å². The van der Waals surface area contributed by atoms with Crippen molar-refractivity contribution in [1.29, 1.82) is 0 Å². The summed E-state index contributed by atoms with van der Waals surface area (Å²) in [7, 11) is -3.90. The number of carbonyl (C=O) groups excluding carboxylic acids is 2. The number of hydrogen-bond acceptors (Lipinski definition) is 4. The summed E-state index contributed by atoms with van der Waals surface area (Å²) in [6, 6.07) is 13.0. The monoisotopic (exact) mass is 547 g/mol.